The van der Waals surface area contributed by atoms with E-state index in [2.05, 4.69) is 10.1 Å². The number of nitrogens with two attached hydrogens (primary N) is 1. The molecule has 0 saturated heterocycles. The third-order valence-electron chi connectivity index (χ3n) is 3.23. The molecule has 2 aromatic heterocycles. The highest BCUT2D eigenvalue weighted by Crippen LogP contribution is 2.33. The van der Waals surface area contributed by atoms with Crippen LogP contribution in [0.4, 0.5) is 5.69 Å². The van der Waals surface area contributed by atoms with Crippen molar-refractivity contribution >= 4 is 17.0 Å². The van der Waals surface area contributed by atoms with E-state index in [1.165, 1.54) is 11.3 Å². The molecular weight excluding hydrogens is 286 g/mol. The van der Waals surface area contributed by atoms with E-state index in [0.717, 1.165) is 21.8 Å². The lowest BCUT2D eigenvalue weighted by Crippen LogP contribution is -1.95. The van der Waals surface area contributed by atoms with Crippen LogP contribution in [0.1, 0.15) is 17.0 Å². The summed E-state index contributed by atoms with van der Waals surface area (Å²) in [5.74, 6) is 1.89. The zero-order valence-electron chi connectivity index (χ0n) is 11.8. The number of thiophene rings is 1. The van der Waals surface area contributed by atoms with Gasteiger partial charge in [-0.05, 0) is 23.9 Å². The number of methoxy groups -OCH3 is 1. The minimum Gasteiger partial charge on any atom is -0.496 e. The molecule has 1 aromatic carbocycles. The molecule has 2 N–H and O–H groups in total. The molecule has 6 heteroatoms. The van der Waals surface area contributed by atoms with Crippen molar-refractivity contribution in [2.45, 2.75) is 13.3 Å². The van der Waals surface area contributed by atoms with Gasteiger partial charge in [-0.15, -0.1) is 11.3 Å². The molecule has 0 aliphatic heterocycles. The lowest BCUT2D eigenvalue weighted by molar-refractivity contribution is 0.408. The third-order valence-corrected chi connectivity index (χ3v) is 4.33. The zero-order chi connectivity index (χ0) is 14.8. The number of anilines is 1. The number of hydrogen-bond acceptors (Lipinski definition) is 6. The predicted octanol–water partition coefficient (Wildman–Crippen LogP) is 3.29. The number of para-hydroxylation sites is 1. The van der Waals surface area contributed by atoms with Crippen LogP contribution in [0.5, 0.6) is 5.75 Å². The fourth-order valence-corrected chi connectivity index (χ4v) is 2.95. The average Bonchev–Trinajstić information content (AvgIpc) is 3.08. The van der Waals surface area contributed by atoms with E-state index in [1.54, 1.807) is 7.11 Å². The second-order valence-corrected chi connectivity index (χ2v) is 5.55. The normalized spacial score (nSPS) is 10.8. The van der Waals surface area contributed by atoms with Crippen LogP contribution in [0.15, 0.2) is 34.2 Å². The molecule has 0 radical (unpaired) electrons. The van der Waals surface area contributed by atoms with E-state index in [9.17, 15) is 0 Å². The SMILES string of the molecule is COc1ccccc1Cc1noc(-c2scc(C)c2N)n1. The van der Waals surface area contributed by atoms with Crippen LogP contribution in [-0.4, -0.2) is 17.3 Å². The number of ether oxygens (including phenoxy) is 1. The Hall–Kier alpha value is -2.34. The standard InChI is InChI=1S/C15H15N3O2S/c1-9-8-21-14(13(9)16)15-17-12(18-20-15)7-10-5-3-4-6-11(10)19-2/h3-6,8H,7,16H2,1-2H3. The smallest absolute Gasteiger partial charge is 0.270 e. The topological polar surface area (TPSA) is 74.2 Å². The van der Waals surface area contributed by atoms with Crippen molar-refractivity contribution in [3.63, 3.8) is 0 Å². The van der Waals surface area contributed by atoms with Gasteiger partial charge < -0.3 is 15.0 Å². The van der Waals surface area contributed by atoms with Crippen molar-refractivity contribution in [1.29, 1.82) is 0 Å². The monoisotopic (exact) mass is 301 g/mol. The largest absolute Gasteiger partial charge is 0.496 e. The number of aryl methyl sites for hydroxylation is 1. The molecule has 3 aromatic rings. The molecule has 108 valence electrons. The fraction of sp³-hybridized carbons (Fsp3) is 0.200. The van der Waals surface area contributed by atoms with Crippen LogP contribution in [0, 0.1) is 6.92 Å². The number of nitrogen functional groups attached to an aromatic ring is 1. The quantitative estimate of drug-likeness (QED) is 0.800. The second-order valence-electron chi connectivity index (χ2n) is 4.67. The van der Waals surface area contributed by atoms with Gasteiger partial charge in [0, 0.05) is 12.0 Å². The van der Waals surface area contributed by atoms with Crippen molar-refractivity contribution in [3.8, 4) is 16.5 Å². The minimum atomic E-state index is 0.468. The molecule has 0 spiro atoms. The van der Waals surface area contributed by atoms with Gasteiger partial charge in [0.1, 0.15) is 10.6 Å². The van der Waals surface area contributed by atoms with Gasteiger partial charge >= 0.3 is 0 Å². The summed E-state index contributed by atoms with van der Waals surface area (Å²) in [6, 6.07) is 7.79. The highest BCUT2D eigenvalue weighted by Gasteiger charge is 2.16. The Kier molecular flexibility index (Phi) is 3.62. The van der Waals surface area contributed by atoms with E-state index in [4.69, 9.17) is 15.0 Å². The summed E-state index contributed by atoms with van der Waals surface area (Å²) < 4.78 is 10.6. The van der Waals surface area contributed by atoms with E-state index in [-0.39, 0.29) is 0 Å². The van der Waals surface area contributed by atoms with Crippen LogP contribution in [0.25, 0.3) is 10.8 Å². The lowest BCUT2D eigenvalue weighted by atomic mass is 10.1. The molecule has 0 saturated carbocycles. The van der Waals surface area contributed by atoms with Crippen LogP contribution in [0.3, 0.4) is 0 Å². The van der Waals surface area contributed by atoms with E-state index in [1.807, 2.05) is 36.6 Å². The van der Waals surface area contributed by atoms with Crippen molar-refractivity contribution in [2.75, 3.05) is 12.8 Å². The highest BCUT2D eigenvalue weighted by atomic mass is 32.1. The van der Waals surface area contributed by atoms with Crippen molar-refractivity contribution in [1.82, 2.24) is 10.1 Å². The predicted molar refractivity (Wildman–Crippen MR) is 82.6 cm³/mol. The maximum Gasteiger partial charge on any atom is 0.270 e. The number of aromatic nitrogens is 2. The molecule has 0 unspecified atom stereocenters. The van der Waals surface area contributed by atoms with Crippen LogP contribution >= 0.6 is 11.3 Å². The molecule has 3 rings (SSSR count). The van der Waals surface area contributed by atoms with E-state index in [0.29, 0.717) is 23.8 Å². The summed E-state index contributed by atoms with van der Waals surface area (Å²) in [7, 11) is 1.65. The molecule has 5 nitrogen and oxygen atoms in total. The molecular formula is C15H15N3O2S. The molecule has 0 atom stereocenters. The van der Waals surface area contributed by atoms with Gasteiger partial charge in [0.2, 0.25) is 0 Å². The first-order valence-electron chi connectivity index (χ1n) is 6.47. The Labute approximate surface area is 126 Å². The van der Waals surface area contributed by atoms with Crippen LogP contribution in [-0.2, 0) is 6.42 Å². The summed E-state index contributed by atoms with van der Waals surface area (Å²) in [5.41, 5.74) is 8.75. The van der Waals surface area contributed by atoms with Gasteiger partial charge in [-0.2, -0.15) is 4.98 Å². The van der Waals surface area contributed by atoms with Gasteiger partial charge in [-0.25, -0.2) is 0 Å². The Bertz CT molecular complexity index is 764. The number of hydrogen-bond donors (Lipinski definition) is 1. The van der Waals surface area contributed by atoms with Gasteiger partial charge in [0.25, 0.3) is 5.89 Å². The van der Waals surface area contributed by atoms with Gasteiger partial charge in [0.15, 0.2) is 5.82 Å². The van der Waals surface area contributed by atoms with E-state index < -0.39 is 0 Å². The zero-order valence-corrected chi connectivity index (χ0v) is 12.6. The van der Waals surface area contributed by atoms with Crippen molar-refractivity contribution in [2.24, 2.45) is 0 Å². The molecule has 0 amide bonds. The Morgan fingerprint density at radius 2 is 2.14 bits per heavy atom. The lowest BCUT2D eigenvalue weighted by Gasteiger charge is -2.04. The number of rotatable bonds is 4. The highest BCUT2D eigenvalue weighted by molar-refractivity contribution is 7.14. The molecule has 2 heterocycles. The molecule has 0 bridgehead atoms. The van der Waals surface area contributed by atoms with Crippen LogP contribution < -0.4 is 10.5 Å². The van der Waals surface area contributed by atoms with E-state index >= 15 is 0 Å². The first-order chi connectivity index (χ1) is 10.2. The van der Waals surface area contributed by atoms with Crippen LogP contribution in [0.2, 0.25) is 0 Å². The summed E-state index contributed by atoms with van der Waals surface area (Å²) in [4.78, 5) is 5.25. The number of benzene rings is 1. The maximum absolute atomic E-state index is 6.00. The summed E-state index contributed by atoms with van der Waals surface area (Å²) >= 11 is 1.51. The molecule has 0 fully saturated rings. The second kappa shape index (κ2) is 5.57. The summed E-state index contributed by atoms with van der Waals surface area (Å²) in [6.07, 6.45) is 0.553. The number of nitrogens with zero attached hydrogens (tertiary/aromatic N) is 2. The first kappa shape index (κ1) is 13.6. The molecule has 21 heavy (non-hydrogen) atoms. The molecule has 0 aliphatic carbocycles. The first-order valence-corrected chi connectivity index (χ1v) is 7.35. The average molecular weight is 301 g/mol. The Morgan fingerprint density at radius 3 is 2.86 bits per heavy atom. The van der Waals surface area contributed by atoms with Crippen molar-refractivity contribution in [3.05, 3.63) is 46.6 Å². The molecule has 0 aliphatic rings. The van der Waals surface area contributed by atoms with Gasteiger partial charge in [-0.3, -0.25) is 0 Å². The Balaban J connectivity index is 1.87. The maximum atomic E-state index is 6.00. The third kappa shape index (κ3) is 2.62. The Morgan fingerprint density at radius 1 is 1.33 bits per heavy atom. The van der Waals surface area contributed by atoms with Crippen molar-refractivity contribution < 1.29 is 9.26 Å². The van der Waals surface area contributed by atoms with Gasteiger partial charge in [0.05, 0.1) is 12.8 Å². The van der Waals surface area contributed by atoms with Gasteiger partial charge in [-0.1, -0.05) is 23.4 Å². The summed E-state index contributed by atoms with van der Waals surface area (Å²) in [5, 5.41) is 6.00. The minimum absolute atomic E-state index is 0.468. The fourth-order valence-electron chi connectivity index (χ4n) is 2.06. The summed E-state index contributed by atoms with van der Waals surface area (Å²) in [6.45, 7) is 1.96.